The van der Waals surface area contributed by atoms with Gasteiger partial charge in [0.05, 0.1) is 18.9 Å². The molecule has 0 saturated carbocycles. The average molecular weight is 297 g/mol. The predicted molar refractivity (Wildman–Crippen MR) is 72.1 cm³/mol. The molecule has 1 aromatic carbocycles. The lowest BCUT2D eigenvalue weighted by molar-refractivity contribution is -0.137. The van der Waals surface area contributed by atoms with Crippen molar-refractivity contribution in [2.75, 3.05) is 14.2 Å². The number of ketones is 1. The van der Waals surface area contributed by atoms with Crippen molar-refractivity contribution in [3.63, 3.8) is 0 Å². The number of methoxy groups -OCH3 is 1. The Kier molecular flexibility index (Phi) is 4.06. The normalized spacial score (nSPS) is 17.6. The van der Waals surface area contributed by atoms with Gasteiger partial charge in [-0.25, -0.2) is 0 Å². The number of hydrogen-bond donors (Lipinski definition) is 1. The number of rotatable bonds is 3. The number of nitrogens with one attached hydrogen (secondary N) is 1. The molecule has 0 saturated heterocycles. The van der Waals surface area contributed by atoms with E-state index in [2.05, 4.69) is 5.32 Å². The second-order valence-corrected chi connectivity index (χ2v) is 4.57. The van der Waals surface area contributed by atoms with Gasteiger partial charge in [0.2, 0.25) is 0 Å². The zero-order valence-electron chi connectivity index (χ0n) is 11.5. The number of hydrogen-bond acceptors (Lipinski definition) is 3. The average Bonchev–Trinajstić information content (AvgIpc) is 2.75. The van der Waals surface area contributed by atoms with Crippen molar-refractivity contribution >= 4 is 11.4 Å². The molecule has 0 aliphatic heterocycles. The first-order valence-electron chi connectivity index (χ1n) is 6.23. The van der Waals surface area contributed by atoms with Gasteiger partial charge in [-0.05, 0) is 17.7 Å². The number of alkyl halides is 3. The van der Waals surface area contributed by atoms with Crippen LogP contribution in [0, 0.1) is 0 Å². The van der Waals surface area contributed by atoms with Gasteiger partial charge in [-0.2, -0.15) is 13.2 Å². The van der Waals surface area contributed by atoms with E-state index in [-0.39, 0.29) is 16.9 Å². The summed E-state index contributed by atoms with van der Waals surface area (Å²) in [5.74, 6) is -0.319. The zero-order valence-corrected chi connectivity index (χ0v) is 11.5. The molecule has 1 N–H and O–H groups in total. The minimum absolute atomic E-state index is 0.249. The topological polar surface area (TPSA) is 38.3 Å². The van der Waals surface area contributed by atoms with Crippen LogP contribution in [0.1, 0.15) is 17.5 Å². The van der Waals surface area contributed by atoms with Crippen LogP contribution in [-0.4, -0.2) is 19.9 Å². The third-order valence-electron chi connectivity index (χ3n) is 3.23. The maximum absolute atomic E-state index is 12.8. The summed E-state index contributed by atoms with van der Waals surface area (Å²) < 4.78 is 43.2. The van der Waals surface area contributed by atoms with Gasteiger partial charge < -0.3 is 10.1 Å². The lowest BCUT2D eigenvalue weighted by atomic mass is 10.00. The minimum Gasteiger partial charge on any atom is -0.504 e. The van der Waals surface area contributed by atoms with Crippen molar-refractivity contribution in [2.45, 2.75) is 12.6 Å². The second kappa shape index (κ2) is 5.63. The molecular formula is C15H14F3NO2. The molecule has 1 aromatic rings. The Morgan fingerprint density at radius 3 is 2.62 bits per heavy atom. The van der Waals surface area contributed by atoms with Crippen molar-refractivity contribution in [1.29, 1.82) is 0 Å². The van der Waals surface area contributed by atoms with E-state index in [4.69, 9.17) is 4.74 Å². The predicted octanol–water partition coefficient (Wildman–Crippen LogP) is 3.14. The van der Waals surface area contributed by atoms with Crippen molar-refractivity contribution in [3.8, 4) is 0 Å². The van der Waals surface area contributed by atoms with Gasteiger partial charge in [0.1, 0.15) is 0 Å². The van der Waals surface area contributed by atoms with Crippen LogP contribution < -0.4 is 5.32 Å². The van der Waals surface area contributed by atoms with Crippen molar-refractivity contribution < 1.29 is 22.7 Å². The molecule has 0 aromatic heterocycles. The number of carbonyl (C=O) groups is 1. The Morgan fingerprint density at radius 1 is 1.33 bits per heavy atom. The van der Waals surface area contributed by atoms with Gasteiger partial charge in [-0.15, -0.1) is 0 Å². The summed E-state index contributed by atoms with van der Waals surface area (Å²) in [4.78, 5) is 12.3. The molecule has 0 fully saturated rings. The summed E-state index contributed by atoms with van der Waals surface area (Å²) in [5.41, 5.74) is 0.724. The Bertz CT molecular complexity index is 630. The lowest BCUT2D eigenvalue weighted by Gasteiger charge is -2.10. The number of allylic oxidation sites excluding steroid dienone is 2. The van der Waals surface area contributed by atoms with E-state index in [1.807, 2.05) is 0 Å². The molecular weight excluding hydrogens is 283 g/mol. The maximum Gasteiger partial charge on any atom is 0.416 e. The van der Waals surface area contributed by atoms with Crippen molar-refractivity contribution in [3.05, 3.63) is 52.9 Å². The summed E-state index contributed by atoms with van der Waals surface area (Å²) in [6, 6.07) is 4.76. The highest BCUT2D eigenvalue weighted by molar-refractivity contribution is 6.32. The van der Waals surface area contributed by atoms with E-state index in [9.17, 15) is 18.0 Å². The van der Waals surface area contributed by atoms with E-state index in [1.54, 1.807) is 7.05 Å². The van der Waals surface area contributed by atoms with E-state index in [0.29, 0.717) is 17.7 Å². The van der Waals surface area contributed by atoms with Gasteiger partial charge in [0.15, 0.2) is 5.78 Å². The van der Waals surface area contributed by atoms with Crippen LogP contribution in [0.4, 0.5) is 13.2 Å². The molecule has 0 unspecified atom stereocenters. The number of ether oxygens (including phenoxy) is 1. The molecule has 0 atom stereocenters. The van der Waals surface area contributed by atoms with Crippen molar-refractivity contribution in [1.82, 2.24) is 5.32 Å². The molecule has 21 heavy (non-hydrogen) atoms. The Labute approximate surface area is 120 Å². The van der Waals surface area contributed by atoms with Crippen molar-refractivity contribution in [2.24, 2.45) is 0 Å². The lowest BCUT2D eigenvalue weighted by Crippen LogP contribution is -2.08. The molecule has 0 amide bonds. The summed E-state index contributed by atoms with van der Waals surface area (Å²) in [6.45, 7) is 0. The van der Waals surface area contributed by atoms with E-state index >= 15 is 0 Å². The molecule has 0 radical (unpaired) electrons. The highest BCUT2D eigenvalue weighted by atomic mass is 19.4. The number of carbonyl (C=O) groups excluding carboxylic acids is 1. The van der Waals surface area contributed by atoms with E-state index in [1.165, 1.54) is 25.5 Å². The molecule has 1 aliphatic carbocycles. The third kappa shape index (κ3) is 2.94. The third-order valence-corrected chi connectivity index (χ3v) is 3.23. The quantitative estimate of drug-likeness (QED) is 0.688. The zero-order chi connectivity index (χ0) is 15.6. The molecule has 0 heterocycles. The second-order valence-electron chi connectivity index (χ2n) is 4.57. The van der Waals surface area contributed by atoms with Crippen LogP contribution in [0.3, 0.4) is 0 Å². The van der Waals surface area contributed by atoms with E-state index in [0.717, 1.165) is 12.1 Å². The van der Waals surface area contributed by atoms with Gasteiger partial charge in [0, 0.05) is 30.3 Å². The fourth-order valence-electron chi connectivity index (χ4n) is 2.26. The monoisotopic (exact) mass is 297 g/mol. The first-order valence-corrected chi connectivity index (χ1v) is 6.23. The summed E-state index contributed by atoms with van der Waals surface area (Å²) >= 11 is 0. The Hall–Kier alpha value is -2.24. The summed E-state index contributed by atoms with van der Waals surface area (Å²) in [6.07, 6.45) is -2.81. The SMILES string of the molecule is CNC1=C(c2cccc(C(F)(F)F)c2)C(=O)C(=COC)C1. The van der Waals surface area contributed by atoms with Gasteiger partial charge in [-0.1, -0.05) is 12.1 Å². The highest BCUT2D eigenvalue weighted by Gasteiger charge is 2.33. The number of Topliss-reactive ketones (excluding diaryl/α,β-unsaturated/α-hetero) is 1. The molecule has 112 valence electrons. The van der Waals surface area contributed by atoms with Crippen LogP contribution in [-0.2, 0) is 15.7 Å². The summed E-state index contributed by atoms with van der Waals surface area (Å²) in [7, 11) is 3.05. The fourth-order valence-corrected chi connectivity index (χ4v) is 2.26. The van der Waals surface area contributed by atoms with Crippen LogP contribution in [0.15, 0.2) is 41.8 Å². The minimum atomic E-state index is -4.44. The van der Waals surface area contributed by atoms with Crippen LogP contribution in [0.5, 0.6) is 0 Å². The van der Waals surface area contributed by atoms with Gasteiger partial charge in [0.25, 0.3) is 0 Å². The first-order chi connectivity index (χ1) is 9.88. The van der Waals surface area contributed by atoms with Crippen LogP contribution in [0.25, 0.3) is 5.57 Å². The van der Waals surface area contributed by atoms with Crippen LogP contribution >= 0.6 is 0 Å². The largest absolute Gasteiger partial charge is 0.504 e. The molecule has 2 rings (SSSR count). The Balaban J connectivity index is 2.50. The standard InChI is InChI=1S/C15H14F3NO2/c1-19-12-7-10(8-21-2)14(20)13(12)9-4-3-5-11(6-9)15(16,17)18/h3-6,8,19H,7H2,1-2H3. The Morgan fingerprint density at radius 2 is 2.05 bits per heavy atom. The highest BCUT2D eigenvalue weighted by Crippen LogP contribution is 2.36. The molecule has 6 heteroatoms. The van der Waals surface area contributed by atoms with E-state index < -0.39 is 11.7 Å². The molecule has 3 nitrogen and oxygen atoms in total. The summed E-state index contributed by atoms with van der Waals surface area (Å²) in [5, 5.41) is 2.87. The number of halogens is 3. The van der Waals surface area contributed by atoms with Gasteiger partial charge in [-0.3, -0.25) is 4.79 Å². The molecule has 0 bridgehead atoms. The maximum atomic E-state index is 12.8. The smallest absolute Gasteiger partial charge is 0.416 e. The van der Waals surface area contributed by atoms with Gasteiger partial charge >= 0.3 is 6.18 Å². The molecule has 1 aliphatic rings. The molecule has 0 spiro atoms. The fraction of sp³-hybridized carbons (Fsp3) is 0.267. The first kappa shape index (κ1) is 15.2. The number of benzene rings is 1. The van der Waals surface area contributed by atoms with Crippen LogP contribution in [0.2, 0.25) is 0 Å².